The van der Waals surface area contributed by atoms with E-state index in [0.717, 1.165) is 32.2 Å². The molecule has 0 spiro atoms. The molecule has 4 nitrogen and oxygen atoms in total. The summed E-state index contributed by atoms with van der Waals surface area (Å²) in [5, 5.41) is 6.36. The monoisotopic (exact) mass is 253 g/mol. The molecule has 1 saturated heterocycles. The Morgan fingerprint density at radius 3 is 2.67 bits per heavy atom. The highest BCUT2D eigenvalue weighted by Gasteiger charge is 2.29. The van der Waals surface area contributed by atoms with Crippen molar-refractivity contribution in [1.82, 2.24) is 15.5 Å². The molecule has 1 heterocycles. The summed E-state index contributed by atoms with van der Waals surface area (Å²) in [5.74, 6) is 0.867. The minimum atomic E-state index is 0.168. The van der Waals surface area contributed by atoms with Crippen LogP contribution in [0.25, 0.3) is 0 Å². The van der Waals surface area contributed by atoms with Crippen molar-refractivity contribution in [2.24, 2.45) is 11.8 Å². The van der Waals surface area contributed by atoms with E-state index in [2.05, 4.69) is 29.5 Å². The van der Waals surface area contributed by atoms with Gasteiger partial charge >= 0.3 is 0 Å². The van der Waals surface area contributed by atoms with Crippen LogP contribution in [0.3, 0.4) is 0 Å². The predicted octanol–water partition coefficient (Wildman–Crippen LogP) is 0.833. The van der Waals surface area contributed by atoms with Crippen molar-refractivity contribution >= 4 is 5.91 Å². The van der Waals surface area contributed by atoms with Crippen LogP contribution in [0.5, 0.6) is 0 Å². The third-order valence-corrected chi connectivity index (χ3v) is 4.57. The van der Waals surface area contributed by atoms with Crippen LogP contribution in [0.15, 0.2) is 0 Å². The molecule has 1 saturated carbocycles. The Kier molecular flexibility index (Phi) is 5.01. The summed E-state index contributed by atoms with van der Waals surface area (Å²) >= 11 is 0. The van der Waals surface area contributed by atoms with Gasteiger partial charge in [0.2, 0.25) is 5.91 Å². The second-order valence-corrected chi connectivity index (χ2v) is 5.95. The first-order valence-electron chi connectivity index (χ1n) is 7.37. The average molecular weight is 253 g/mol. The van der Waals surface area contributed by atoms with Crippen LogP contribution in [0.1, 0.15) is 32.6 Å². The van der Waals surface area contributed by atoms with Crippen molar-refractivity contribution in [1.29, 1.82) is 0 Å². The van der Waals surface area contributed by atoms with Gasteiger partial charge in [-0.15, -0.1) is 0 Å². The van der Waals surface area contributed by atoms with E-state index in [1.165, 1.54) is 25.7 Å². The maximum absolute atomic E-state index is 12.0. The summed E-state index contributed by atoms with van der Waals surface area (Å²) in [6, 6.07) is 0.744. The smallest absolute Gasteiger partial charge is 0.224 e. The molecule has 18 heavy (non-hydrogen) atoms. The summed E-state index contributed by atoms with van der Waals surface area (Å²) in [6.45, 7) is 5.72. The molecule has 104 valence electrons. The molecule has 2 rings (SSSR count). The van der Waals surface area contributed by atoms with Gasteiger partial charge in [0.1, 0.15) is 0 Å². The Morgan fingerprint density at radius 1 is 1.33 bits per heavy atom. The number of hydrogen-bond donors (Lipinski definition) is 2. The topological polar surface area (TPSA) is 44.4 Å². The van der Waals surface area contributed by atoms with E-state index >= 15 is 0 Å². The largest absolute Gasteiger partial charge is 0.355 e. The molecule has 2 N–H and O–H groups in total. The van der Waals surface area contributed by atoms with Gasteiger partial charge in [-0.25, -0.2) is 0 Å². The molecule has 0 unspecified atom stereocenters. The van der Waals surface area contributed by atoms with Crippen molar-refractivity contribution in [3.63, 3.8) is 0 Å². The van der Waals surface area contributed by atoms with Gasteiger partial charge in [-0.3, -0.25) is 4.79 Å². The number of carbonyl (C=O) groups is 1. The van der Waals surface area contributed by atoms with E-state index in [1.54, 1.807) is 0 Å². The quantitative estimate of drug-likeness (QED) is 0.763. The van der Waals surface area contributed by atoms with Crippen LogP contribution in [-0.4, -0.2) is 50.1 Å². The van der Waals surface area contributed by atoms with E-state index in [0.29, 0.717) is 5.92 Å². The Labute approximate surface area is 110 Å². The lowest BCUT2D eigenvalue weighted by Gasteiger charge is -2.24. The molecule has 0 aromatic carbocycles. The second-order valence-electron chi connectivity index (χ2n) is 5.95. The molecule has 1 aliphatic heterocycles. The third-order valence-electron chi connectivity index (χ3n) is 4.57. The molecule has 2 atom stereocenters. The second kappa shape index (κ2) is 6.53. The van der Waals surface area contributed by atoms with Crippen molar-refractivity contribution in [3.05, 3.63) is 0 Å². The minimum Gasteiger partial charge on any atom is -0.355 e. The normalized spacial score (nSPS) is 29.1. The number of likely N-dealkylation sites (N-methyl/N-ethyl adjacent to an activating group) is 1. The lowest BCUT2D eigenvalue weighted by atomic mass is 9.97. The zero-order chi connectivity index (χ0) is 13.0. The standard InChI is InChI=1S/C14H27N3O/c1-11-9-15-10-13(11)14(18)16-7-8-17(2)12-5-3-4-6-12/h11-13,15H,3-10H2,1-2H3,(H,16,18)/t11-,13-/m1/s1. The van der Waals surface area contributed by atoms with Gasteiger partial charge in [0.05, 0.1) is 5.92 Å². The van der Waals surface area contributed by atoms with Crippen LogP contribution in [0.2, 0.25) is 0 Å². The number of rotatable bonds is 5. The molecule has 1 aliphatic carbocycles. The Balaban J connectivity index is 1.63. The fourth-order valence-electron chi connectivity index (χ4n) is 3.18. The molecular weight excluding hydrogens is 226 g/mol. The zero-order valence-electron chi connectivity index (χ0n) is 11.7. The molecule has 1 amide bonds. The number of hydrogen-bond acceptors (Lipinski definition) is 3. The van der Waals surface area contributed by atoms with Gasteiger partial charge in [0.15, 0.2) is 0 Å². The fraction of sp³-hybridized carbons (Fsp3) is 0.929. The van der Waals surface area contributed by atoms with E-state index in [1.807, 2.05) is 0 Å². The van der Waals surface area contributed by atoms with Crippen LogP contribution in [0, 0.1) is 11.8 Å². The number of nitrogens with zero attached hydrogens (tertiary/aromatic N) is 1. The molecule has 2 fully saturated rings. The van der Waals surface area contributed by atoms with Crippen molar-refractivity contribution < 1.29 is 4.79 Å². The van der Waals surface area contributed by atoms with Gasteiger partial charge in [0, 0.05) is 25.7 Å². The molecule has 0 radical (unpaired) electrons. The summed E-state index contributed by atoms with van der Waals surface area (Å²) < 4.78 is 0. The van der Waals surface area contributed by atoms with Crippen LogP contribution < -0.4 is 10.6 Å². The van der Waals surface area contributed by atoms with Crippen molar-refractivity contribution in [3.8, 4) is 0 Å². The third kappa shape index (κ3) is 3.45. The Bertz CT molecular complexity index is 276. The molecular formula is C14H27N3O. The highest BCUT2D eigenvalue weighted by molar-refractivity contribution is 5.79. The van der Waals surface area contributed by atoms with E-state index in [9.17, 15) is 4.79 Å². The van der Waals surface area contributed by atoms with Crippen LogP contribution in [0.4, 0.5) is 0 Å². The number of nitrogens with one attached hydrogen (secondary N) is 2. The molecule has 2 aliphatic rings. The predicted molar refractivity (Wildman–Crippen MR) is 73.4 cm³/mol. The summed E-state index contributed by atoms with van der Waals surface area (Å²) in [4.78, 5) is 14.4. The highest BCUT2D eigenvalue weighted by Crippen LogP contribution is 2.21. The molecule has 0 aromatic heterocycles. The summed E-state index contributed by atoms with van der Waals surface area (Å²) in [5.41, 5.74) is 0. The summed E-state index contributed by atoms with van der Waals surface area (Å²) in [6.07, 6.45) is 5.39. The van der Waals surface area contributed by atoms with Crippen molar-refractivity contribution in [2.75, 3.05) is 33.2 Å². The van der Waals surface area contributed by atoms with Gasteiger partial charge in [-0.05, 0) is 32.4 Å². The minimum absolute atomic E-state index is 0.168. The molecule has 0 aromatic rings. The van der Waals surface area contributed by atoms with Gasteiger partial charge in [0.25, 0.3) is 0 Å². The van der Waals surface area contributed by atoms with E-state index < -0.39 is 0 Å². The maximum Gasteiger partial charge on any atom is 0.224 e. The Hall–Kier alpha value is -0.610. The Morgan fingerprint density at radius 2 is 2.06 bits per heavy atom. The highest BCUT2D eigenvalue weighted by atomic mass is 16.1. The lowest BCUT2D eigenvalue weighted by molar-refractivity contribution is -0.125. The number of amides is 1. The first-order valence-corrected chi connectivity index (χ1v) is 7.37. The van der Waals surface area contributed by atoms with Crippen LogP contribution in [-0.2, 0) is 4.79 Å². The van der Waals surface area contributed by atoms with E-state index in [4.69, 9.17) is 0 Å². The van der Waals surface area contributed by atoms with E-state index in [-0.39, 0.29) is 11.8 Å². The fourth-order valence-corrected chi connectivity index (χ4v) is 3.18. The van der Waals surface area contributed by atoms with Crippen molar-refractivity contribution in [2.45, 2.75) is 38.6 Å². The van der Waals surface area contributed by atoms with Gasteiger partial charge < -0.3 is 15.5 Å². The van der Waals surface area contributed by atoms with Crippen LogP contribution >= 0.6 is 0 Å². The van der Waals surface area contributed by atoms with Gasteiger partial charge in [-0.2, -0.15) is 0 Å². The first-order chi connectivity index (χ1) is 8.68. The SMILES string of the molecule is C[C@@H]1CNC[C@H]1C(=O)NCCN(C)C1CCCC1. The lowest BCUT2D eigenvalue weighted by Crippen LogP contribution is -2.40. The average Bonchev–Trinajstić information content (AvgIpc) is 2.99. The first kappa shape index (κ1) is 13.8. The number of carbonyl (C=O) groups excluding carboxylic acids is 1. The zero-order valence-corrected chi connectivity index (χ0v) is 11.7. The molecule has 0 bridgehead atoms. The molecule has 4 heteroatoms. The maximum atomic E-state index is 12.0. The summed E-state index contributed by atoms with van der Waals surface area (Å²) in [7, 11) is 2.18. The van der Waals surface area contributed by atoms with Gasteiger partial charge in [-0.1, -0.05) is 19.8 Å².